The first kappa shape index (κ1) is 14.4. The van der Waals surface area contributed by atoms with E-state index >= 15 is 0 Å². The highest BCUT2D eigenvalue weighted by molar-refractivity contribution is 5.57. The van der Waals surface area contributed by atoms with Crippen LogP contribution in [0.2, 0.25) is 0 Å². The fraction of sp³-hybridized carbons (Fsp3) is 0.143. The maximum Gasteiger partial charge on any atom is 0.208 e. The molecule has 0 unspecified atom stereocenters. The molecule has 0 radical (unpaired) electrons. The molecule has 2 aromatic carbocycles. The van der Waals surface area contributed by atoms with E-state index in [2.05, 4.69) is 10.2 Å². The zero-order valence-corrected chi connectivity index (χ0v) is 11.0. The average molecular weight is 287 g/mol. The first-order valence-electron chi connectivity index (χ1n) is 6.19. The lowest BCUT2D eigenvalue weighted by Gasteiger charge is -2.05. The molecule has 0 amide bonds. The van der Waals surface area contributed by atoms with Crippen molar-refractivity contribution in [3.05, 3.63) is 58.1 Å². The van der Waals surface area contributed by atoms with Crippen molar-refractivity contribution in [1.82, 2.24) is 0 Å². The number of phenols is 2. The molecule has 0 bridgehead atoms. The summed E-state index contributed by atoms with van der Waals surface area (Å²) < 4.78 is 0. The van der Waals surface area contributed by atoms with Gasteiger partial charge in [-0.05, 0) is 18.2 Å². The van der Waals surface area contributed by atoms with Crippen LogP contribution in [-0.4, -0.2) is 21.7 Å². The van der Waals surface area contributed by atoms with Crippen LogP contribution in [0.15, 0.2) is 52.7 Å². The summed E-state index contributed by atoms with van der Waals surface area (Å²) in [4.78, 5) is 9.90. The third-order valence-corrected chi connectivity index (χ3v) is 2.77. The Morgan fingerprint density at radius 2 is 1.76 bits per heavy atom. The molecule has 2 N–H and O–H groups in total. The molecule has 0 saturated heterocycles. The molecule has 21 heavy (non-hydrogen) atoms. The van der Waals surface area contributed by atoms with Crippen LogP contribution in [0.25, 0.3) is 0 Å². The molecule has 0 fully saturated rings. The van der Waals surface area contributed by atoms with Gasteiger partial charge in [0.05, 0.1) is 5.69 Å². The highest BCUT2D eigenvalue weighted by Crippen LogP contribution is 2.34. The van der Waals surface area contributed by atoms with Gasteiger partial charge in [0.15, 0.2) is 0 Å². The highest BCUT2D eigenvalue weighted by Gasteiger charge is 2.10. The quantitative estimate of drug-likeness (QED) is 0.499. The van der Waals surface area contributed by atoms with Gasteiger partial charge in [-0.15, -0.1) is 5.11 Å². The third-order valence-electron chi connectivity index (χ3n) is 2.77. The lowest BCUT2D eigenvalue weighted by Crippen LogP contribution is -2.03. The fourth-order valence-electron chi connectivity index (χ4n) is 1.71. The summed E-state index contributed by atoms with van der Waals surface area (Å²) in [6.07, 6.45) is 0.0486. The number of rotatable bonds is 5. The van der Waals surface area contributed by atoms with E-state index < -0.39 is 4.92 Å². The monoisotopic (exact) mass is 287 g/mol. The molecule has 0 atom stereocenters. The number of hydrogen-bond acceptors (Lipinski definition) is 6. The summed E-state index contributed by atoms with van der Waals surface area (Å²) in [5.41, 5.74) is 1.10. The molecule has 2 rings (SSSR count). The van der Waals surface area contributed by atoms with Crippen LogP contribution in [0.4, 0.5) is 11.4 Å². The topological polar surface area (TPSA) is 108 Å². The highest BCUT2D eigenvalue weighted by atomic mass is 16.6. The minimum atomic E-state index is -0.475. The molecule has 108 valence electrons. The maximum absolute atomic E-state index is 10.4. The van der Waals surface area contributed by atoms with Gasteiger partial charge in [0.1, 0.15) is 17.2 Å². The molecule has 0 heterocycles. The van der Waals surface area contributed by atoms with Gasteiger partial charge >= 0.3 is 0 Å². The first-order valence-corrected chi connectivity index (χ1v) is 6.19. The summed E-state index contributed by atoms with van der Waals surface area (Å²) in [7, 11) is 0. The van der Waals surface area contributed by atoms with E-state index in [0.29, 0.717) is 11.3 Å². The van der Waals surface area contributed by atoms with Crippen molar-refractivity contribution in [2.45, 2.75) is 6.42 Å². The van der Waals surface area contributed by atoms with Crippen molar-refractivity contribution in [3.8, 4) is 11.5 Å². The van der Waals surface area contributed by atoms with E-state index in [1.165, 1.54) is 6.07 Å². The van der Waals surface area contributed by atoms with Crippen molar-refractivity contribution in [3.63, 3.8) is 0 Å². The Balaban J connectivity index is 2.24. The Morgan fingerprint density at radius 1 is 1.05 bits per heavy atom. The largest absolute Gasteiger partial charge is 0.508 e. The second kappa shape index (κ2) is 6.47. The van der Waals surface area contributed by atoms with Crippen LogP contribution in [0.1, 0.15) is 5.56 Å². The lowest BCUT2D eigenvalue weighted by molar-refractivity contribution is -0.479. The summed E-state index contributed by atoms with van der Waals surface area (Å²) >= 11 is 0. The first-order chi connectivity index (χ1) is 10.1. The maximum atomic E-state index is 10.4. The van der Waals surface area contributed by atoms with Crippen molar-refractivity contribution < 1.29 is 15.1 Å². The smallest absolute Gasteiger partial charge is 0.208 e. The summed E-state index contributed by atoms with van der Waals surface area (Å²) in [6, 6.07) is 11.4. The molecule has 0 aromatic heterocycles. The Hall–Kier alpha value is -2.96. The van der Waals surface area contributed by atoms with Gasteiger partial charge < -0.3 is 10.2 Å². The molecule has 0 spiro atoms. The van der Waals surface area contributed by atoms with Gasteiger partial charge in [-0.2, -0.15) is 5.11 Å². The van der Waals surface area contributed by atoms with Crippen molar-refractivity contribution >= 4 is 11.4 Å². The number of aromatic hydroxyl groups is 2. The van der Waals surface area contributed by atoms with E-state index in [-0.39, 0.29) is 30.2 Å². The predicted molar refractivity (Wildman–Crippen MR) is 76.0 cm³/mol. The number of hydrogen-bond donors (Lipinski definition) is 2. The molecule has 7 nitrogen and oxygen atoms in total. The van der Waals surface area contributed by atoms with Crippen LogP contribution >= 0.6 is 0 Å². The molecular weight excluding hydrogens is 274 g/mol. The lowest BCUT2D eigenvalue weighted by atomic mass is 10.1. The second-order valence-electron chi connectivity index (χ2n) is 4.31. The van der Waals surface area contributed by atoms with Crippen LogP contribution in [0.5, 0.6) is 11.5 Å². The van der Waals surface area contributed by atoms with Gasteiger partial charge in [0, 0.05) is 23.0 Å². The normalized spacial score (nSPS) is 10.9. The Bertz CT molecular complexity index is 671. The van der Waals surface area contributed by atoms with Crippen LogP contribution in [0.3, 0.4) is 0 Å². The van der Waals surface area contributed by atoms with E-state index in [1.54, 1.807) is 24.3 Å². The Morgan fingerprint density at radius 3 is 2.43 bits per heavy atom. The fourth-order valence-corrected chi connectivity index (χ4v) is 1.71. The Kier molecular flexibility index (Phi) is 4.45. The van der Waals surface area contributed by atoms with Crippen LogP contribution in [0, 0.1) is 10.1 Å². The van der Waals surface area contributed by atoms with Gasteiger partial charge in [-0.25, -0.2) is 0 Å². The second-order valence-corrected chi connectivity index (χ2v) is 4.31. The number of azo groups is 1. The molecule has 0 aliphatic rings. The standard InChI is InChI=1S/C14H13N3O4/c18-13-9-14(19)12(8-10(13)6-7-17(20)21)16-15-11-4-2-1-3-5-11/h1-5,8-9,18-19H,6-7H2. The van der Waals surface area contributed by atoms with Crippen LogP contribution in [-0.2, 0) is 6.42 Å². The molecule has 0 saturated carbocycles. The van der Waals surface area contributed by atoms with Gasteiger partial charge in [-0.1, -0.05) is 18.2 Å². The van der Waals surface area contributed by atoms with Crippen molar-refractivity contribution in [2.75, 3.05) is 6.54 Å². The summed E-state index contributed by atoms with van der Waals surface area (Å²) in [5.74, 6) is -0.440. The van der Waals surface area contributed by atoms with Crippen molar-refractivity contribution in [1.29, 1.82) is 0 Å². The third kappa shape index (κ3) is 4.00. The molecule has 0 aliphatic carbocycles. The van der Waals surface area contributed by atoms with Gasteiger partial charge in [-0.3, -0.25) is 10.1 Å². The minimum Gasteiger partial charge on any atom is -0.508 e. The molecule has 7 heteroatoms. The minimum absolute atomic E-state index is 0.0486. The van der Waals surface area contributed by atoms with Gasteiger partial charge in [0.2, 0.25) is 6.54 Å². The number of nitrogens with zero attached hydrogens (tertiary/aromatic N) is 3. The predicted octanol–water partition coefficient (Wildman–Crippen LogP) is 3.33. The van der Waals surface area contributed by atoms with E-state index in [4.69, 9.17) is 0 Å². The number of nitro groups is 1. The van der Waals surface area contributed by atoms with Crippen molar-refractivity contribution in [2.24, 2.45) is 10.2 Å². The van der Waals surface area contributed by atoms with Gasteiger partial charge in [0.25, 0.3) is 0 Å². The summed E-state index contributed by atoms with van der Waals surface area (Å²) in [5, 5.41) is 37.6. The number of phenolic OH excluding ortho intramolecular Hbond substituents is 2. The zero-order valence-electron chi connectivity index (χ0n) is 11.0. The molecular formula is C14H13N3O4. The SMILES string of the molecule is O=[N+]([O-])CCc1cc(N=Nc2ccccc2)c(O)cc1O. The Labute approximate surface area is 120 Å². The summed E-state index contributed by atoms with van der Waals surface area (Å²) in [6.45, 7) is -0.312. The van der Waals surface area contributed by atoms with Crippen LogP contribution < -0.4 is 0 Å². The van der Waals surface area contributed by atoms with E-state index in [1.807, 2.05) is 6.07 Å². The average Bonchev–Trinajstić information content (AvgIpc) is 2.46. The van der Waals surface area contributed by atoms with E-state index in [0.717, 1.165) is 6.07 Å². The van der Waals surface area contributed by atoms with E-state index in [9.17, 15) is 20.3 Å². The molecule has 2 aromatic rings. The molecule has 0 aliphatic heterocycles. The number of benzene rings is 2. The zero-order chi connectivity index (χ0) is 15.2.